The van der Waals surface area contributed by atoms with Crippen molar-refractivity contribution in [2.24, 2.45) is 5.92 Å². The Balaban J connectivity index is 1.37. The molecule has 0 spiro atoms. The topological polar surface area (TPSA) is 75.5 Å². The summed E-state index contributed by atoms with van der Waals surface area (Å²) in [5.74, 6) is 0.628. The molecule has 2 aromatic carbocycles. The quantitative estimate of drug-likeness (QED) is 0.418. The maximum absolute atomic E-state index is 13.5. The van der Waals surface area contributed by atoms with Crippen LogP contribution in [0, 0.1) is 19.8 Å². The maximum Gasteiger partial charge on any atom is 0.266 e. The van der Waals surface area contributed by atoms with Crippen LogP contribution in [0.3, 0.4) is 0 Å². The molecule has 1 saturated heterocycles. The van der Waals surface area contributed by atoms with Crippen molar-refractivity contribution >= 4 is 34.5 Å². The molecule has 1 aliphatic carbocycles. The average Bonchev–Trinajstić information content (AvgIpc) is 3.69. The largest absolute Gasteiger partial charge is 0.339 e. The number of aromatic nitrogens is 2. The van der Waals surface area contributed by atoms with E-state index in [0.29, 0.717) is 42.2 Å². The van der Waals surface area contributed by atoms with Crippen molar-refractivity contribution in [3.8, 4) is 5.69 Å². The molecule has 1 saturated carbocycles. The molecular formula is C26H28N4O3S. The fraction of sp³-hybridized carbons (Fsp3) is 0.385. The lowest BCUT2D eigenvalue weighted by atomic mass is 10.1. The minimum atomic E-state index is -0.139. The third-order valence-electron chi connectivity index (χ3n) is 6.53. The second kappa shape index (κ2) is 9.25. The van der Waals surface area contributed by atoms with E-state index in [2.05, 4.69) is 0 Å². The first-order chi connectivity index (χ1) is 16.4. The van der Waals surface area contributed by atoms with Crippen LogP contribution in [-0.4, -0.2) is 63.1 Å². The van der Waals surface area contributed by atoms with Crippen LogP contribution in [0.5, 0.6) is 0 Å². The van der Waals surface area contributed by atoms with E-state index in [1.54, 1.807) is 10.6 Å². The number of fused-ring (bicyclic) bond motifs is 1. The van der Waals surface area contributed by atoms with Crippen LogP contribution in [0.15, 0.2) is 52.4 Å². The molecule has 34 heavy (non-hydrogen) atoms. The number of aryl methyl sites for hydroxylation is 2. The minimum Gasteiger partial charge on any atom is -0.339 e. The molecular weight excluding hydrogens is 448 g/mol. The van der Waals surface area contributed by atoms with Gasteiger partial charge >= 0.3 is 0 Å². The number of carbonyl (C=O) groups is 2. The summed E-state index contributed by atoms with van der Waals surface area (Å²) in [4.78, 5) is 47.2. The Bertz CT molecular complexity index is 1320. The third-order valence-corrected chi connectivity index (χ3v) is 7.46. The molecule has 2 heterocycles. The number of piperazine rings is 1. The summed E-state index contributed by atoms with van der Waals surface area (Å²) < 4.78 is 1.63. The summed E-state index contributed by atoms with van der Waals surface area (Å²) in [6, 6.07) is 13.3. The lowest BCUT2D eigenvalue weighted by Crippen LogP contribution is -2.51. The first kappa shape index (κ1) is 22.7. The van der Waals surface area contributed by atoms with Gasteiger partial charge in [0.1, 0.15) is 0 Å². The highest BCUT2D eigenvalue weighted by Gasteiger charge is 2.35. The predicted molar refractivity (Wildman–Crippen MR) is 133 cm³/mol. The van der Waals surface area contributed by atoms with Crippen LogP contribution >= 0.6 is 11.8 Å². The van der Waals surface area contributed by atoms with Gasteiger partial charge in [0, 0.05) is 32.1 Å². The normalized spacial score (nSPS) is 16.2. The molecule has 2 fully saturated rings. The molecule has 1 aromatic heterocycles. The molecule has 8 heteroatoms. The SMILES string of the molecule is Cc1ccc(-n2c(SCC(=O)N3CCN(C(=O)C4CC4)CC3)nc3ccccc3c2=O)c(C)c1. The Morgan fingerprint density at radius 1 is 1.00 bits per heavy atom. The standard InChI is InChI=1S/C26H28N4O3S/c1-17-7-10-22(18(2)15-17)30-25(33)20-5-3-4-6-21(20)27-26(30)34-16-23(31)28-11-13-29(14-12-28)24(32)19-8-9-19/h3-7,10,15,19H,8-9,11-14,16H2,1-2H3. The van der Waals surface area contributed by atoms with Crippen LogP contribution in [0.2, 0.25) is 0 Å². The number of carbonyl (C=O) groups excluding carboxylic acids is 2. The lowest BCUT2D eigenvalue weighted by Gasteiger charge is -2.35. The monoisotopic (exact) mass is 476 g/mol. The van der Waals surface area contributed by atoms with Crippen molar-refractivity contribution < 1.29 is 9.59 Å². The molecule has 0 N–H and O–H groups in total. The first-order valence-corrected chi connectivity index (χ1v) is 12.7. The summed E-state index contributed by atoms with van der Waals surface area (Å²) in [6.45, 7) is 6.27. The molecule has 5 rings (SSSR count). The molecule has 176 valence electrons. The number of benzene rings is 2. The average molecular weight is 477 g/mol. The van der Waals surface area contributed by atoms with Crippen molar-refractivity contribution in [2.45, 2.75) is 31.8 Å². The molecule has 1 aliphatic heterocycles. The summed E-state index contributed by atoms with van der Waals surface area (Å²) in [6.07, 6.45) is 1.99. The van der Waals surface area contributed by atoms with Gasteiger partial charge in [0.15, 0.2) is 5.16 Å². The predicted octanol–water partition coefficient (Wildman–Crippen LogP) is 3.18. The lowest BCUT2D eigenvalue weighted by molar-refractivity contribution is -0.139. The van der Waals surface area contributed by atoms with Crippen LogP contribution in [0.25, 0.3) is 16.6 Å². The Morgan fingerprint density at radius 3 is 2.41 bits per heavy atom. The van der Waals surface area contributed by atoms with Crippen LogP contribution in [-0.2, 0) is 9.59 Å². The molecule has 2 aliphatic rings. The second-order valence-electron chi connectivity index (χ2n) is 9.11. The van der Waals surface area contributed by atoms with E-state index < -0.39 is 0 Å². The summed E-state index contributed by atoms with van der Waals surface area (Å²) in [7, 11) is 0. The first-order valence-electron chi connectivity index (χ1n) is 11.7. The van der Waals surface area contributed by atoms with Crippen molar-refractivity contribution in [3.63, 3.8) is 0 Å². The van der Waals surface area contributed by atoms with Gasteiger partial charge < -0.3 is 9.80 Å². The van der Waals surface area contributed by atoms with E-state index >= 15 is 0 Å². The van der Waals surface area contributed by atoms with Crippen molar-refractivity contribution in [1.29, 1.82) is 0 Å². The minimum absolute atomic E-state index is 0.00175. The van der Waals surface area contributed by atoms with Gasteiger partial charge in [-0.05, 0) is 50.5 Å². The Hall–Kier alpha value is -3.13. The van der Waals surface area contributed by atoms with Gasteiger partial charge in [-0.2, -0.15) is 0 Å². The van der Waals surface area contributed by atoms with Gasteiger partial charge in [-0.3, -0.25) is 19.0 Å². The van der Waals surface area contributed by atoms with Gasteiger partial charge in [0.25, 0.3) is 5.56 Å². The van der Waals surface area contributed by atoms with Gasteiger partial charge in [-0.25, -0.2) is 4.98 Å². The van der Waals surface area contributed by atoms with E-state index in [1.807, 2.05) is 60.0 Å². The summed E-state index contributed by atoms with van der Waals surface area (Å²) >= 11 is 1.29. The van der Waals surface area contributed by atoms with Gasteiger partial charge in [0.2, 0.25) is 11.8 Å². The van der Waals surface area contributed by atoms with Crippen molar-refractivity contribution in [3.05, 3.63) is 63.9 Å². The summed E-state index contributed by atoms with van der Waals surface area (Å²) in [5.41, 5.74) is 3.35. The number of para-hydroxylation sites is 1. The molecule has 2 amide bonds. The fourth-order valence-corrected chi connectivity index (χ4v) is 5.37. The molecule has 7 nitrogen and oxygen atoms in total. The molecule has 0 radical (unpaired) electrons. The maximum atomic E-state index is 13.5. The van der Waals surface area contributed by atoms with Crippen LogP contribution < -0.4 is 5.56 Å². The van der Waals surface area contributed by atoms with Gasteiger partial charge in [-0.1, -0.05) is 41.6 Å². The number of hydrogen-bond donors (Lipinski definition) is 0. The zero-order valence-corrected chi connectivity index (χ0v) is 20.3. The Morgan fingerprint density at radius 2 is 1.71 bits per heavy atom. The molecule has 0 bridgehead atoms. The number of thioether (sulfide) groups is 1. The smallest absolute Gasteiger partial charge is 0.266 e. The highest BCUT2D eigenvalue weighted by atomic mass is 32.2. The highest BCUT2D eigenvalue weighted by molar-refractivity contribution is 7.99. The van der Waals surface area contributed by atoms with E-state index in [9.17, 15) is 14.4 Å². The van der Waals surface area contributed by atoms with E-state index in [1.165, 1.54) is 11.8 Å². The number of rotatable bonds is 5. The van der Waals surface area contributed by atoms with Gasteiger partial charge in [0.05, 0.1) is 22.3 Å². The van der Waals surface area contributed by atoms with Crippen LogP contribution in [0.4, 0.5) is 0 Å². The molecule has 0 atom stereocenters. The van der Waals surface area contributed by atoms with E-state index in [0.717, 1.165) is 29.7 Å². The van der Waals surface area contributed by atoms with Crippen molar-refractivity contribution in [1.82, 2.24) is 19.4 Å². The van der Waals surface area contributed by atoms with E-state index in [4.69, 9.17) is 4.98 Å². The number of hydrogen-bond acceptors (Lipinski definition) is 5. The summed E-state index contributed by atoms with van der Waals surface area (Å²) in [5, 5.41) is 1.06. The van der Waals surface area contributed by atoms with Crippen molar-refractivity contribution in [2.75, 3.05) is 31.9 Å². The Kier molecular flexibility index (Phi) is 6.16. The highest BCUT2D eigenvalue weighted by Crippen LogP contribution is 2.31. The molecule has 3 aromatic rings. The molecule has 0 unspecified atom stereocenters. The number of nitrogens with zero attached hydrogens (tertiary/aromatic N) is 4. The zero-order valence-electron chi connectivity index (χ0n) is 19.5. The third kappa shape index (κ3) is 4.46. The van der Waals surface area contributed by atoms with Crippen LogP contribution in [0.1, 0.15) is 24.0 Å². The zero-order chi connectivity index (χ0) is 23.8. The van der Waals surface area contributed by atoms with Gasteiger partial charge in [-0.15, -0.1) is 0 Å². The Labute approximate surface area is 202 Å². The second-order valence-corrected chi connectivity index (χ2v) is 10.1. The fourth-order valence-electron chi connectivity index (χ4n) is 4.46. The van der Waals surface area contributed by atoms with E-state index in [-0.39, 0.29) is 29.0 Å². The number of amides is 2.